The first-order chi connectivity index (χ1) is 13.1. The van der Waals surface area contributed by atoms with Crippen molar-refractivity contribution in [3.05, 3.63) is 46.6 Å². The number of fused-ring (bicyclic) bond motifs is 1. The summed E-state index contributed by atoms with van der Waals surface area (Å²) in [6.07, 6.45) is 0. The van der Waals surface area contributed by atoms with Gasteiger partial charge < -0.3 is 24.2 Å². The lowest BCUT2D eigenvalue weighted by molar-refractivity contribution is 0.0408. The summed E-state index contributed by atoms with van der Waals surface area (Å²) in [7, 11) is 0. The van der Waals surface area contributed by atoms with Gasteiger partial charge in [0.15, 0.2) is 0 Å². The number of urea groups is 1. The number of carbonyl (C=O) groups excluding carboxylic acids is 1. The average molecular weight is 390 g/mol. The number of rotatable bonds is 2. The fourth-order valence-electron chi connectivity index (χ4n) is 3.74. The second-order valence-electron chi connectivity index (χ2n) is 6.61. The Labute approximate surface area is 161 Å². The number of amides is 2. The van der Waals surface area contributed by atoms with Crippen LogP contribution in [0.5, 0.6) is 0 Å². The minimum absolute atomic E-state index is 0.0787. The molecule has 2 aliphatic heterocycles. The van der Waals surface area contributed by atoms with Gasteiger partial charge in [-0.25, -0.2) is 9.59 Å². The Hall–Kier alpha value is -2.51. The number of halogens is 1. The zero-order valence-electron chi connectivity index (χ0n) is 14.7. The summed E-state index contributed by atoms with van der Waals surface area (Å²) in [4.78, 5) is 28.1. The van der Waals surface area contributed by atoms with Crippen molar-refractivity contribution < 1.29 is 19.4 Å². The summed E-state index contributed by atoms with van der Waals surface area (Å²) >= 11 is 6.49. The van der Waals surface area contributed by atoms with Gasteiger partial charge in [0.05, 0.1) is 36.2 Å². The molecule has 1 aromatic carbocycles. The van der Waals surface area contributed by atoms with E-state index in [1.54, 1.807) is 9.80 Å². The topological polar surface area (TPSA) is 75.0 Å². The number of carboxylic acid groups (broad SMARTS) is 1. The number of hydrogen-bond donors (Lipinski definition) is 1. The third-order valence-electron chi connectivity index (χ3n) is 5.06. The smallest absolute Gasteiger partial charge is 0.339 e. The molecular formula is C19H20ClN3O4. The zero-order chi connectivity index (χ0) is 19.0. The SMILES string of the molecule is O=C(O)c1c(Cl)c(-c2ccccc2)n2c1CN(C(=O)N1CCOCC1)CC2. The van der Waals surface area contributed by atoms with Crippen molar-refractivity contribution in [2.75, 3.05) is 32.8 Å². The highest BCUT2D eigenvalue weighted by atomic mass is 35.5. The Balaban J connectivity index is 1.70. The molecule has 27 heavy (non-hydrogen) atoms. The van der Waals surface area contributed by atoms with Crippen molar-refractivity contribution in [3.8, 4) is 11.3 Å². The molecule has 4 rings (SSSR count). The monoisotopic (exact) mass is 389 g/mol. The predicted octanol–water partition coefficient (Wildman–Crippen LogP) is 2.77. The van der Waals surface area contributed by atoms with Crippen LogP contribution in [0.4, 0.5) is 4.79 Å². The Bertz CT molecular complexity index is 875. The number of carboxylic acids is 1. The number of benzene rings is 1. The first kappa shape index (κ1) is 17.9. The van der Waals surface area contributed by atoms with E-state index in [1.165, 1.54) is 0 Å². The molecule has 7 nitrogen and oxygen atoms in total. The van der Waals surface area contributed by atoms with E-state index in [0.29, 0.717) is 50.8 Å². The quantitative estimate of drug-likeness (QED) is 0.857. The lowest BCUT2D eigenvalue weighted by Gasteiger charge is -2.36. The van der Waals surface area contributed by atoms with E-state index in [0.717, 1.165) is 5.56 Å². The average Bonchev–Trinajstić information content (AvgIpc) is 2.99. The minimum Gasteiger partial charge on any atom is -0.478 e. The molecule has 1 N–H and O–H groups in total. The van der Waals surface area contributed by atoms with Gasteiger partial charge >= 0.3 is 12.0 Å². The van der Waals surface area contributed by atoms with Crippen molar-refractivity contribution in [3.63, 3.8) is 0 Å². The molecule has 0 bridgehead atoms. The summed E-state index contributed by atoms with van der Waals surface area (Å²) < 4.78 is 7.24. The van der Waals surface area contributed by atoms with E-state index >= 15 is 0 Å². The van der Waals surface area contributed by atoms with E-state index in [4.69, 9.17) is 16.3 Å². The van der Waals surface area contributed by atoms with Gasteiger partial charge in [0.1, 0.15) is 5.56 Å². The van der Waals surface area contributed by atoms with Crippen LogP contribution in [0.25, 0.3) is 11.3 Å². The van der Waals surface area contributed by atoms with Gasteiger partial charge in [0.25, 0.3) is 0 Å². The second-order valence-corrected chi connectivity index (χ2v) is 6.99. The van der Waals surface area contributed by atoms with E-state index in [9.17, 15) is 14.7 Å². The molecule has 0 atom stereocenters. The minimum atomic E-state index is -1.08. The molecule has 0 saturated carbocycles. The van der Waals surface area contributed by atoms with E-state index < -0.39 is 5.97 Å². The number of nitrogens with zero attached hydrogens (tertiary/aromatic N) is 3. The molecule has 1 fully saturated rings. The van der Waals surface area contributed by atoms with Crippen molar-refractivity contribution in [1.82, 2.24) is 14.4 Å². The maximum Gasteiger partial charge on any atom is 0.339 e. The maximum absolute atomic E-state index is 12.8. The molecule has 1 aromatic heterocycles. The Morgan fingerprint density at radius 3 is 2.37 bits per heavy atom. The molecule has 2 aliphatic rings. The largest absolute Gasteiger partial charge is 0.478 e. The molecule has 2 amide bonds. The van der Waals surface area contributed by atoms with Crippen LogP contribution in [-0.4, -0.2) is 64.3 Å². The van der Waals surface area contributed by atoms with Crippen molar-refractivity contribution in [2.45, 2.75) is 13.1 Å². The number of carbonyl (C=O) groups is 2. The Kier molecular flexibility index (Phi) is 4.80. The van der Waals surface area contributed by atoms with E-state index in [2.05, 4.69) is 0 Å². The van der Waals surface area contributed by atoms with Crippen LogP contribution in [0.3, 0.4) is 0 Å². The summed E-state index contributed by atoms with van der Waals surface area (Å²) in [6.45, 7) is 3.40. The summed E-state index contributed by atoms with van der Waals surface area (Å²) in [5.41, 5.74) is 2.21. The zero-order valence-corrected chi connectivity index (χ0v) is 15.5. The van der Waals surface area contributed by atoms with Crippen LogP contribution in [0, 0.1) is 0 Å². The van der Waals surface area contributed by atoms with Gasteiger partial charge in [0, 0.05) is 26.2 Å². The van der Waals surface area contributed by atoms with Crippen LogP contribution >= 0.6 is 11.6 Å². The van der Waals surface area contributed by atoms with E-state index in [-0.39, 0.29) is 23.2 Å². The molecule has 0 radical (unpaired) electrons. The second kappa shape index (κ2) is 7.25. The van der Waals surface area contributed by atoms with Gasteiger partial charge in [-0.05, 0) is 5.56 Å². The standard InChI is InChI=1S/C19H20ClN3O4/c20-16-15(18(24)25)14-12-22(19(26)21-8-10-27-11-9-21)6-7-23(14)17(16)13-4-2-1-3-5-13/h1-5H,6-12H2,(H,24,25). The first-order valence-corrected chi connectivity index (χ1v) is 9.27. The fraction of sp³-hybridized carbons (Fsp3) is 0.368. The number of ether oxygens (including phenoxy) is 1. The molecule has 0 spiro atoms. The third-order valence-corrected chi connectivity index (χ3v) is 5.43. The van der Waals surface area contributed by atoms with Crippen molar-refractivity contribution in [2.24, 2.45) is 0 Å². The Morgan fingerprint density at radius 2 is 1.70 bits per heavy atom. The van der Waals surface area contributed by atoms with E-state index in [1.807, 2.05) is 34.9 Å². The molecule has 142 valence electrons. The fourth-order valence-corrected chi connectivity index (χ4v) is 4.14. The molecule has 2 aromatic rings. The lowest BCUT2D eigenvalue weighted by atomic mass is 10.1. The lowest BCUT2D eigenvalue weighted by Crippen LogP contribution is -2.50. The van der Waals surface area contributed by atoms with Gasteiger partial charge in [-0.15, -0.1) is 0 Å². The normalized spacial score (nSPS) is 16.9. The maximum atomic E-state index is 12.8. The van der Waals surface area contributed by atoms with Crippen LogP contribution in [-0.2, 0) is 17.8 Å². The summed E-state index contributed by atoms with van der Waals surface area (Å²) in [6, 6.07) is 9.42. The predicted molar refractivity (Wildman–Crippen MR) is 100 cm³/mol. The van der Waals surface area contributed by atoms with Crippen molar-refractivity contribution >= 4 is 23.6 Å². The van der Waals surface area contributed by atoms with Gasteiger partial charge in [0.2, 0.25) is 0 Å². The number of morpholine rings is 1. The van der Waals surface area contributed by atoms with Gasteiger partial charge in [-0.3, -0.25) is 0 Å². The molecular weight excluding hydrogens is 370 g/mol. The summed E-state index contributed by atoms with van der Waals surface area (Å²) in [5.74, 6) is -1.08. The highest BCUT2D eigenvalue weighted by Crippen LogP contribution is 2.38. The molecule has 3 heterocycles. The van der Waals surface area contributed by atoms with Crippen LogP contribution < -0.4 is 0 Å². The molecule has 0 unspecified atom stereocenters. The molecule has 1 saturated heterocycles. The van der Waals surface area contributed by atoms with Gasteiger partial charge in [-0.2, -0.15) is 0 Å². The number of hydrogen-bond acceptors (Lipinski definition) is 3. The Morgan fingerprint density at radius 1 is 1.00 bits per heavy atom. The summed E-state index contributed by atoms with van der Waals surface area (Å²) in [5, 5.41) is 9.95. The van der Waals surface area contributed by atoms with Crippen LogP contribution in [0.2, 0.25) is 5.02 Å². The van der Waals surface area contributed by atoms with Crippen LogP contribution in [0.15, 0.2) is 30.3 Å². The third kappa shape index (κ3) is 3.17. The first-order valence-electron chi connectivity index (χ1n) is 8.89. The number of aromatic nitrogens is 1. The number of aromatic carboxylic acids is 1. The van der Waals surface area contributed by atoms with Gasteiger partial charge in [-0.1, -0.05) is 41.9 Å². The highest BCUT2D eigenvalue weighted by molar-refractivity contribution is 6.36. The molecule has 8 heteroatoms. The van der Waals surface area contributed by atoms with Crippen molar-refractivity contribution in [1.29, 1.82) is 0 Å². The molecule has 0 aliphatic carbocycles. The highest BCUT2D eigenvalue weighted by Gasteiger charge is 2.33. The van der Waals surface area contributed by atoms with Crippen LogP contribution in [0.1, 0.15) is 16.1 Å².